The minimum atomic E-state index is -0.517. The Morgan fingerprint density at radius 2 is 2.38 bits per heavy atom. The summed E-state index contributed by atoms with van der Waals surface area (Å²) in [6, 6.07) is 0. The average Bonchev–Trinajstić information content (AvgIpc) is 2.10. The van der Waals surface area contributed by atoms with Crippen LogP contribution in [0.1, 0.15) is 6.42 Å². The fourth-order valence-corrected chi connectivity index (χ4v) is 2.16. The highest BCUT2D eigenvalue weighted by atomic mass is 16.5. The second-order valence-electron chi connectivity index (χ2n) is 3.41. The van der Waals surface area contributed by atoms with Crippen molar-refractivity contribution in [3.05, 3.63) is 12.3 Å². The molecule has 0 radical (unpaired) electrons. The van der Waals surface area contributed by atoms with E-state index in [-0.39, 0.29) is 17.9 Å². The van der Waals surface area contributed by atoms with E-state index in [9.17, 15) is 4.79 Å². The van der Waals surface area contributed by atoms with Gasteiger partial charge in [0.1, 0.15) is 5.60 Å². The Bertz CT molecular complexity index is 264. The van der Waals surface area contributed by atoms with Gasteiger partial charge in [-0.25, -0.2) is 0 Å². The summed E-state index contributed by atoms with van der Waals surface area (Å²) in [5, 5.41) is 2.66. The zero-order valence-electron chi connectivity index (χ0n) is 7.74. The van der Waals surface area contributed by atoms with Crippen LogP contribution < -0.4 is 5.32 Å². The summed E-state index contributed by atoms with van der Waals surface area (Å²) in [5.41, 5.74) is -0.517. The molecule has 1 aliphatic carbocycles. The molecule has 72 valence electrons. The van der Waals surface area contributed by atoms with Crippen LogP contribution in [0.3, 0.4) is 0 Å². The van der Waals surface area contributed by atoms with Crippen molar-refractivity contribution in [1.29, 1.82) is 0 Å². The highest BCUT2D eigenvalue weighted by molar-refractivity contribution is 5.84. The average molecular weight is 183 g/mol. The highest BCUT2D eigenvalue weighted by Gasteiger charge is 2.59. The molecule has 3 unspecified atom stereocenters. The van der Waals surface area contributed by atoms with Crippen molar-refractivity contribution >= 4 is 5.91 Å². The normalized spacial score (nSPS) is 42.2. The lowest BCUT2D eigenvalue weighted by molar-refractivity contribution is -0.197. The topological polar surface area (TPSA) is 47.6 Å². The van der Waals surface area contributed by atoms with Crippen LogP contribution in [0.4, 0.5) is 0 Å². The van der Waals surface area contributed by atoms with Gasteiger partial charge in [-0.2, -0.15) is 0 Å². The predicted molar refractivity (Wildman–Crippen MR) is 45.9 cm³/mol. The molecule has 0 aromatic carbocycles. The Morgan fingerprint density at radius 1 is 1.62 bits per heavy atom. The zero-order chi connectivity index (χ0) is 9.47. The minimum Gasteiger partial charge on any atom is -0.378 e. The summed E-state index contributed by atoms with van der Waals surface area (Å²) in [5.74, 6) is -0.0647. The molecular weight excluding hydrogens is 170 g/mol. The SMILES string of the molecule is COC1CC2C(=O)NC=CC12OC. The number of methoxy groups -OCH3 is 2. The summed E-state index contributed by atoms with van der Waals surface area (Å²) < 4.78 is 10.6. The maximum Gasteiger partial charge on any atom is 0.230 e. The third-order valence-corrected chi connectivity index (χ3v) is 3.02. The number of carbonyl (C=O) groups excluding carboxylic acids is 1. The summed E-state index contributed by atoms with van der Waals surface area (Å²) in [6.45, 7) is 0. The van der Waals surface area contributed by atoms with E-state index >= 15 is 0 Å². The predicted octanol–water partition coefficient (Wildman–Crippen LogP) is 0.0500. The maximum atomic E-state index is 11.4. The Labute approximate surface area is 76.9 Å². The Kier molecular flexibility index (Phi) is 1.89. The molecule has 0 bridgehead atoms. The number of nitrogens with one attached hydrogen (secondary N) is 1. The van der Waals surface area contributed by atoms with E-state index in [1.165, 1.54) is 0 Å². The molecule has 0 saturated heterocycles. The largest absolute Gasteiger partial charge is 0.378 e. The van der Waals surface area contributed by atoms with Crippen molar-refractivity contribution in [2.45, 2.75) is 18.1 Å². The van der Waals surface area contributed by atoms with Crippen molar-refractivity contribution < 1.29 is 14.3 Å². The number of rotatable bonds is 2. The fourth-order valence-electron chi connectivity index (χ4n) is 2.16. The molecule has 3 atom stereocenters. The monoisotopic (exact) mass is 183 g/mol. The molecule has 1 saturated carbocycles. The van der Waals surface area contributed by atoms with Crippen LogP contribution in [-0.4, -0.2) is 31.8 Å². The van der Waals surface area contributed by atoms with Crippen LogP contribution in [0.5, 0.6) is 0 Å². The van der Waals surface area contributed by atoms with E-state index < -0.39 is 5.60 Å². The number of ether oxygens (including phenoxy) is 2. The molecular formula is C9H13NO3. The van der Waals surface area contributed by atoms with E-state index in [0.717, 1.165) is 6.42 Å². The summed E-state index contributed by atoms with van der Waals surface area (Å²) in [6.07, 6.45) is 4.25. The van der Waals surface area contributed by atoms with Gasteiger partial charge in [-0.3, -0.25) is 4.79 Å². The van der Waals surface area contributed by atoms with Gasteiger partial charge in [0.2, 0.25) is 5.91 Å². The number of fused-ring (bicyclic) bond motifs is 1. The first-order valence-corrected chi connectivity index (χ1v) is 4.30. The van der Waals surface area contributed by atoms with Gasteiger partial charge in [0.15, 0.2) is 0 Å². The fraction of sp³-hybridized carbons (Fsp3) is 0.667. The third-order valence-electron chi connectivity index (χ3n) is 3.02. The number of hydrogen-bond acceptors (Lipinski definition) is 3. The van der Waals surface area contributed by atoms with Crippen LogP contribution in [0, 0.1) is 5.92 Å². The molecule has 2 rings (SSSR count). The van der Waals surface area contributed by atoms with Gasteiger partial charge in [-0.05, 0) is 12.5 Å². The number of hydrogen-bond donors (Lipinski definition) is 1. The second-order valence-corrected chi connectivity index (χ2v) is 3.41. The zero-order valence-corrected chi connectivity index (χ0v) is 7.74. The first-order valence-electron chi connectivity index (χ1n) is 4.30. The van der Waals surface area contributed by atoms with Gasteiger partial charge in [0.25, 0.3) is 0 Å². The Hall–Kier alpha value is -0.870. The van der Waals surface area contributed by atoms with Crippen LogP contribution in [0.15, 0.2) is 12.3 Å². The van der Waals surface area contributed by atoms with Gasteiger partial charge in [0.05, 0.1) is 12.0 Å². The van der Waals surface area contributed by atoms with E-state index in [1.54, 1.807) is 20.4 Å². The molecule has 13 heavy (non-hydrogen) atoms. The lowest BCUT2D eigenvalue weighted by Crippen LogP contribution is -2.66. The molecule has 4 heteroatoms. The van der Waals surface area contributed by atoms with Crippen LogP contribution in [-0.2, 0) is 14.3 Å². The quantitative estimate of drug-likeness (QED) is 0.658. The molecule has 2 aliphatic rings. The first-order chi connectivity index (χ1) is 6.24. The molecule has 1 amide bonds. The Balaban J connectivity index is 2.27. The lowest BCUT2D eigenvalue weighted by Gasteiger charge is -2.52. The van der Waals surface area contributed by atoms with Crippen LogP contribution in [0.25, 0.3) is 0 Å². The third kappa shape index (κ3) is 0.957. The number of amides is 1. The van der Waals surface area contributed by atoms with Crippen molar-refractivity contribution in [2.75, 3.05) is 14.2 Å². The van der Waals surface area contributed by atoms with E-state index in [1.807, 2.05) is 6.08 Å². The van der Waals surface area contributed by atoms with Gasteiger partial charge in [0, 0.05) is 20.4 Å². The van der Waals surface area contributed by atoms with E-state index in [0.29, 0.717) is 0 Å². The highest BCUT2D eigenvalue weighted by Crippen LogP contribution is 2.45. The smallest absolute Gasteiger partial charge is 0.230 e. The van der Waals surface area contributed by atoms with Gasteiger partial charge < -0.3 is 14.8 Å². The Morgan fingerprint density at radius 3 is 3.00 bits per heavy atom. The molecule has 1 fully saturated rings. The van der Waals surface area contributed by atoms with E-state index in [2.05, 4.69) is 5.32 Å². The molecule has 1 heterocycles. The molecule has 1 aliphatic heterocycles. The van der Waals surface area contributed by atoms with E-state index in [4.69, 9.17) is 9.47 Å². The first kappa shape index (κ1) is 8.72. The standard InChI is InChI=1S/C9H13NO3/c1-12-7-5-6-8(11)10-4-3-9(6,7)13-2/h3-4,6-7H,5H2,1-2H3,(H,10,11). The number of carbonyl (C=O) groups is 1. The summed E-state index contributed by atoms with van der Waals surface area (Å²) in [7, 11) is 3.25. The second kappa shape index (κ2) is 2.82. The van der Waals surface area contributed by atoms with Crippen molar-refractivity contribution in [3.63, 3.8) is 0 Å². The van der Waals surface area contributed by atoms with Crippen molar-refractivity contribution in [3.8, 4) is 0 Å². The summed E-state index contributed by atoms with van der Waals surface area (Å²) >= 11 is 0. The maximum absolute atomic E-state index is 11.4. The molecule has 0 aromatic heterocycles. The molecule has 0 aromatic rings. The van der Waals surface area contributed by atoms with Gasteiger partial charge in [-0.15, -0.1) is 0 Å². The van der Waals surface area contributed by atoms with Gasteiger partial charge in [-0.1, -0.05) is 0 Å². The van der Waals surface area contributed by atoms with Crippen molar-refractivity contribution in [2.24, 2.45) is 5.92 Å². The molecule has 1 N–H and O–H groups in total. The molecule has 0 spiro atoms. The van der Waals surface area contributed by atoms with Crippen LogP contribution in [0.2, 0.25) is 0 Å². The lowest BCUT2D eigenvalue weighted by atomic mass is 9.65. The summed E-state index contributed by atoms with van der Waals surface area (Å²) in [4.78, 5) is 11.4. The van der Waals surface area contributed by atoms with Crippen LogP contribution >= 0.6 is 0 Å². The minimum absolute atomic E-state index is 0.00444. The van der Waals surface area contributed by atoms with Crippen molar-refractivity contribution in [1.82, 2.24) is 5.32 Å². The molecule has 4 nitrogen and oxygen atoms in total. The van der Waals surface area contributed by atoms with Gasteiger partial charge >= 0.3 is 0 Å².